The molecule has 0 aliphatic heterocycles. The van der Waals surface area contributed by atoms with E-state index in [9.17, 15) is 14.4 Å². The van der Waals surface area contributed by atoms with Crippen molar-refractivity contribution in [2.24, 2.45) is 0 Å². The first-order chi connectivity index (χ1) is 22.3. The molecule has 0 fully saturated rings. The highest BCUT2D eigenvalue weighted by Gasteiger charge is 2.18. The van der Waals surface area contributed by atoms with Gasteiger partial charge in [-0.1, -0.05) is 48.0 Å². The van der Waals surface area contributed by atoms with Gasteiger partial charge >= 0.3 is 0 Å². The van der Waals surface area contributed by atoms with Crippen molar-refractivity contribution in [1.29, 1.82) is 0 Å². The van der Waals surface area contributed by atoms with E-state index in [0.29, 0.717) is 50.5 Å². The number of amides is 3. The number of carbonyl (C=O) groups excluding carboxylic acids is 3. The first-order valence-electron chi connectivity index (χ1n) is 13.8. The third-order valence-electron chi connectivity index (χ3n) is 6.47. The van der Waals surface area contributed by atoms with Crippen molar-refractivity contribution in [2.45, 2.75) is 4.90 Å². The van der Waals surface area contributed by atoms with Crippen LogP contribution in [0, 0.1) is 0 Å². The van der Waals surface area contributed by atoms with Crippen molar-refractivity contribution in [3.8, 4) is 23.0 Å². The number of nitrogens with one attached hydrogen (secondary N) is 3. The zero-order valence-electron chi connectivity index (χ0n) is 25.5. The molecular formula is C34H32ClN3O7S. The van der Waals surface area contributed by atoms with Crippen LogP contribution in [0.15, 0.2) is 95.5 Å². The summed E-state index contributed by atoms with van der Waals surface area (Å²) in [5.41, 5.74) is 1.74. The molecule has 0 spiro atoms. The van der Waals surface area contributed by atoms with Gasteiger partial charge in [0.15, 0.2) is 11.5 Å². The number of rotatable bonds is 13. The quantitative estimate of drug-likeness (QED) is 0.109. The predicted molar refractivity (Wildman–Crippen MR) is 180 cm³/mol. The molecule has 3 amide bonds. The van der Waals surface area contributed by atoms with E-state index in [1.807, 2.05) is 6.07 Å². The van der Waals surface area contributed by atoms with Crippen LogP contribution in [0.4, 0.5) is 11.4 Å². The smallest absolute Gasteiger partial charge is 0.272 e. The van der Waals surface area contributed by atoms with E-state index in [1.165, 1.54) is 46.3 Å². The topological polar surface area (TPSA) is 124 Å². The Morgan fingerprint density at radius 1 is 0.761 bits per heavy atom. The number of hydrogen-bond acceptors (Lipinski definition) is 8. The van der Waals surface area contributed by atoms with Gasteiger partial charge in [-0.25, -0.2) is 0 Å². The van der Waals surface area contributed by atoms with Crippen molar-refractivity contribution in [3.05, 3.63) is 107 Å². The molecule has 4 rings (SSSR count). The van der Waals surface area contributed by atoms with E-state index in [1.54, 1.807) is 78.9 Å². The number of hydrogen-bond donors (Lipinski definition) is 3. The molecule has 0 aliphatic carbocycles. The molecule has 0 atom stereocenters. The summed E-state index contributed by atoms with van der Waals surface area (Å²) in [6, 6.07) is 23.9. The Labute approximate surface area is 276 Å². The maximum Gasteiger partial charge on any atom is 0.272 e. The van der Waals surface area contributed by atoms with E-state index in [-0.39, 0.29) is 17.4 Å². The summed E-state index contributed by atoms with van der Waals surface area (Å²) in [6.45, 7) is 0. The third kappa shape index (κ3) is 8.74. The highest BCUT2D eigenvalue weighted by Crippen LogP contribution is 2.36. The summed E-state index contributed by atoms with van der Waals surface area (Å²) in [5.74, 6) is 0.428. The van der Waals surface area contributed by atoms with Gasteiger partial charge in [0.1, 0.15) is 17.2 Å². The summed E-state index contributed by atoms with van der Waals surface area (Å²) in [5, 5.41) is 8.67. The number of ether oxygens (including phenoxy) is 4. The lowest BCUT2D eigenvalue weighted by Gasteiger charge is -2.14. The normalized spacial score (nSPS) is 10.8. The van der Waals surface area contributed by atoms with Crippen LogP contribution in [0.25, 0.3) is 6.08 Å². The molecule has 0 aromatic heterocycles. The van der Waals surface area contributed by atoms with E-state index in [2.05, 4.69) is 16.0 Å². The highest BCUT2D eigenvalue weighted by atomic mass is 35.5. The fraction of sp³-hybridized carbons (Fsp3) is 0.147. The lowest BCUT2D eigenvalue weighted by atomic mass is 10.1. The zero-order chi connectivity index (χ0) is 33.1. The summed E-state index contributed by atoms with van der Waals surface area (Å²) < 4.78 is 21.4. The summed E-state index contributed by atoms with van der Waals surface area (Å²) in [4.78, 5) is 40.1. The maximum atomic E-state index is 13.6. The van der Waals surface area contributed by atoms with Crippen molar-refractivity contribution in [1.82, 2.24) is 5.32 Å². The van der Waals surface area contributed by atoms with Gasteiger partial charge in [-0.15, -0.1) is 11.8 Å². The van der Waals surface area contributed by atoms with Crippen LogP contribution in [0.3, 0.4) is 0 Å². The van der Waals surface area contributed by atoms with E-state index >= 15 is 0 Å². The maximum absolute atomic E-state index is 13.6. The molecule has 0 unspecified atom stereocenters. The average molecular weight is 662 g/mol. The zero-order valence-corrected chi connectivity index (χ0v) is 27.1. The Balaban J connectivity index is 1.50. The van der Waals surface area contributed by atoms with E-state index < -0.39 is 11.8 Å². The van der Waals surface area contributed by atoms with E-state index in [4.69, 9.17) is 30.5 Å². The Kier molecular flexibility index (Phi) is 11.9. The minimum Gasteiger partial charge on any atom is -0.495 e. The molecule has 0 aliphatic rings. The van der Waals surface area contributed by atoms with Gasteiger partial charge in [-0.05, 0) is 48.5 Å². The fourth-order valence-corrected chi connectivity index (χ4v) is 5.27. The Hall–Kier alpha value is -5.13. The number of thioether (sulfide) groups is 1. The van der Waals surface area contributed by atoms with Crippen molar-refractivity contribution in [3.63, 3.8) is 0 Å². The second-order valence-corrected chi connectivity index (χ2v) is 10.9. The first-order valence-corrected chi connectivity index (χ1v) is 15.2. The lowest BCUT2D eigenvalue weighted by molar-refractivity contribution is -0.114. The molecule has 0 saturated heterocycles. The monoisotopic (exact) mass is 661 g/mol. The molecule has 4 aromatic rings. The van der Waals surface area contributed by atoms with E-state index in [0.717, 1.165) is 4.90 Å². The van der Waals surface area contributed by atoms with Crippen molar-refractivity contribution in [2.75, 3.05) is 44.8 Å². The van der Waals surface area contributed by atoms with Crippen molar-refractivity contribution < 1.29 is 33.3 Å². The molecular weight excluding hydrogens is 630 g/mol. The number of methoxy groups -OCH3 is 4. The summed E-state index contributed by atoms with van der Waals surface area (Å²) in [7, 11) is 5.97. The Morgan fingerprint density at radius 2 is 1.48 bits per heavy atom. The number of anilines is 2. The standard InChI is InChI=1S/C34H32ClN3O7S/c1-42-28-15-8-12-22(32(28)45-4)16-27(38-33(40)21-10-6-5-7-11-21)34(41)36-23-13-9-14-24(17-23)46-20-31(39)37-26-18-25(35)29(43-2)19-30(26)44-3/h5-19H,20H2,1-4H3,(H,36,41)(H,37,39)(H,38,40)/b27-16+. The van der Waals surface area contributed by atoms with Crippen LogP contribution >= 0.6 is 23.4 Å². The van der Waals surface area contributed by atoms with Crippen molar-refractivity contribution >= 4 is 58.5 Å². The number of halogens is 1. The second-order valence-electron chi connectivity index (χ2n) is 9.47. The molecule has 10 nitrogen and oxygen atoms in total. The predicted octanol–water partition coefficient (Wildman–Crippen LogP) is 6.51. The Morgan fingerprint density at radius 3 is 2.17 bits per heavy atom. The second kappa shape index (κ2) is 16.3. The van der Waals surface area contributed by atoms with Gasteiger partial charge < -0.3 is 34.9 Å². The van der Waals surface area contributed by atoms with Gasteiger partial charge in [-0.3, -0.25) is 14.4 Å². The minimum absolute atomic E-state index is 0.0232. The molecule has 46 heavy (non-hydrogen) atoms. The number of carbonyl (C=O) groups is 3. The highest BCUT2D eigenvalue weighted by molar-refractivity contribution is 8.00. The van der Waals surface area contributed by atoms with Crippen LogP contribution in [0.1, 0.15) is 15.9 Å². The van der Waals surface area contributed by atoms with Crippen LogP contribution < -0.4 is 34.9 Å². The Bertz CT molecular complexity index is 1750. The third-order valence-corrected chi connectivity index (χ3v) is 7.76. The molecule has 0 saturated carbocycles. The van der Waals surface area contributed by atoms with Gasteiger partial charge in [0.2, 0.25) is 5.91 Å². The first kappa shape index (κ1) is 33.8. The van der Waals surface area contributed by atoms with Crippen LogP contribution in [-0.2, 0) is 9.59 Å². The molecule has 0 radical (unpaired) electrons. The molecule has 0 bridgehead atoms. The van der Waals surface area contributed by atoms with Gasteiger partial charge in [-0.2, -0.15) is 0 Å². The molecule has 3 N–H and O–H groups in total. The van der Waals surface area contributed by atoms with Gasteiger partial charge in [0, 0.05) is 27.8 Å². The summed E-state index contributed by atoms with van der Waals surface area (Å²) in [6.07, 6.45) is 1.51. The van der Waals surface area contributed by atoms with Crippen LogP contribution in [0.5, 0.6) is 23.0 Å². The molecule has 4 aromatic carbocycles. The average Bonchev–Trinajstić information content (AvgIpc) is 3.07. The van der Waals surface area contributed by atoms with Gasteiger partial charge in [0.25, 0.3) is 11.8 Å². The van der Waals surface area contributed by atoms with Gasteiger partial charge in [0.05, 0.1) is 44.9 Å². The largest absolute Gasteiger partial charge is 0.495 e. The lowest BCUT2D eigenvalue weighted by Crippen LogP contribution is -2.30. The number of benzene rings is 4. The fourth-order valence-electron chi connectivity index (χ4n) is 4.28. The summed E-state index contributed by atoms with van der Waals surface area (Å²) >= 11 is 7.48. The minimum atomic E-state index is -0.572. The molecule has 12 heteroatoms. The van der Waals surface area contributed by atoms with Crippen LogP contribution in [0.2, 0.25) is 5.02 Å². The SMILES string of the molecule is COc1cc(OC)c(NC(=O)CSc2cccc(NC(=O)/C(=C\c3cccc(OC)c3OC)NC(=O)c3ccccc3)c2)cc1Cl. The number of para-hydroxylation sites is 1. The molecule has 238 valence electrons. The molecule has 0 heterocycles. The van der Waals surface area contributed by atoms with Crippen LogP contribution in [-0.4, -0.2) is 51.9 Å².